The normalized spacial score (nSPS) is 14.0. The maximum atomic E-state index is 3.70. The molecule has 37 heavy (non-hydrogen) atoms. The fourth-order valence-electron chi connectivity index (χ4n) is 3.68. The maximum Gasteiger partial charge on any atom is 0.199 e. The molecular formula is C34H38N3+. The van der Waals surface area contributed by atoms with E-state index in [1.54, 1.807) is 6.08 Å². The molecule has 2 aromatic rings. The van der Waals surface area contributed by atoms with Crippen LogP contribution in [0.5, 0.6) is 0 Å². The van der Waals surface area contributed by atoms with Crippen LogP contribution < -0.4 is 10.2 Å². The summed E-state index contributed by atoms with van der Waals surface area (Å²) >= 11 is 0. The number of hydrogen-bond acceptors (Lipinski definition) is 2. The van der Waals surface area contributed by atoms with E-state index in [1.807, 2.05) is 25.2 Å². The molecule has 3 nitrogen and oxygen atoms in total. The van der Waals surface area contributed by atoms with Crippen LogP contribution in [0.4, 0.5) is 11.4 Å². The summed E-state index contributed by atoms with van der Waals surface area (Å²) in [4.78, 5) is 2.11. The highest BCUT2D eigenvalue weighted by atomic mass is 15.1. The van der Waals surface area contributed by atoms with Gasteiger partial charge in [0.2, 0.25) is 0 Å². The van der Waals surface area contributed by atoms with Crippen LogP contribution in [0.3, 0.4) is 0 Å². The lowest BCUT2D eigenvalue weighted by Crippen LogP contribution is -2.09. The zero-order valence-corrected chi connectivity index (χ0v) is 22.6. The predicted molar refractivity (Wildman–Crippen MR) is 164 cm³/mol. The first-order chi connectivity index (χ1) is 17.9. The summed E-state index contributed by atoms with van der Waals surface area (Å²) in [5.74, 6) is 0. The number of nitrogens with zero attached hydrogens (tertiary/aromatic N) is 2. The summed E-state index contributed by atoms with van der Waals surface area (Å²) in [6, 6.07) is 17.1. The lowest BCUT2D eigenvalue weighted by Gasteiger charge is -2.12. The van der Waals surface area contributed by atoms with Gasteiger partial charge in [-0.1, -0.05) is 73.4 Å². The van der Waals surface area contributed by atoms with Crippen LogP contribution in [0.1, 0.15) is 18.1 Å². The van der Waals surface area contributed by atoms with Crippen molar-refractivity contribution in [1.29, 1.82) is 0 Å². The Morgan fingerprint density at radius 1 is 0.865 bits per heavy atom. The first kappa shape index (κ1) is 27.2. The Morgan fingerprint density at radius 2 is 1.54 bits per heavy atom. The van der Waals surface area contributed by atoms with E-state index < -0.39 is 0 Å². The summed E-state index contributed by atoms with van der Waals surface area (Å²) in [5, 5.41) is 3.43. The predicted octanol–water partition coefficient (Wildman–Crippen LogP) is 7.67. The van der Waals surface area contributed by atoms with Crippen molar-refractivity contribution in [2.45, 2.75) is 6.92 Å². The Kier molecular flexibility index (Phi) is 10.0. The van der Waals surface area contributed by atoms with E-state index in [2.05, 4.69) is 147 Å². The number of rotatable bonds is 9. The molecule has 0 saturated carbocycles. The second-order valence-electron chi connectivity index (χ2n) is 9.27. The Balaban J connectivity index is 1.88. The molecule has 0 saturated heterocycles. The molecule has 0 fully saturated rings. The highest BCUT2D eigenvalue weighted by Gasteiger charge is 2.04. The highest BCUT2D eigenvalue weighted by molar-refractivity contribution is 6.02. The molecule has 0 radical (unpaired) electrons. The largest absolute Gasteiger partial charge is 0.378 e. The standard InChI is InChI=1S/C34H37N3/c1-7-8-9-10-27(2)35-32-21-19-31(20-22-32)30(17-11-28-13-23-33(24-14-28)36(3)4)18-12-29-15-25-34(26-16-29)37(5)6/h7-26H,1H2,2-6H3/p+1/b9-8-,17-11+,27-10+. The molecule has 0 unspecified atom stereocenters. The van der Waals surface area contributed by atoms with Gasteiger partial charge in [-0.2, -0.15) is 0 Å². The van der Waals surface area contributed by atoms with Gasteiger partial charge in [0.15, 0.2) is 5.71 Å². The quantitative estimate of drug-likeness (QED) is 0.288. The van der Waals surface area contributed by atoms with Gasteiger partial charge >= 0.3 is 0 Å². The lowest BCUT2D eigenvalue weighted by molar-refractivity contribution is -0.462. The van der Waals surface area contributed by atoms with Crippen LogP contribution in [-0.4, -0.2) is 38.5 Å². The summed E-state index contributed by atoms with van der Waals surface area (Å²) in [6.07, 6.45) is 25.0. The third-order valence-corrected chi connectivity index (χ3v) is 5.88. The van der Waals surface area contributed by atoms with Crippen molar-refractivity contribution >= 4 is 28.7 Å². The van der Waals surface area contributed by atoms with Crippen LogP contribution >= 0.6 is 0 Å². The third-order valence-electron chi connectivity index (χ3n) is 5.88. The summed E-state index contributed by atoms with van der Waals surface area (Å²) in [7, 11) is 8.22. The molecule has 0 aliphatic heterocycles. The highest BCUT2D eigenvalue weighted by Crippen LogP contribution is 2.22. The van der Waals surface area contributed by atoms with E-state index in [9.17, 15) is 0 Å². The molecule has 3 rings (SSSR count). The first-order valence-corrected chi connectivity index (χ1v) is 12.5. The molecule has 0 aromatic heterocycles. The number of nitrogens with one attached hydrogen (secondary N) is 1. The van der Waals surface area contributed by atoms with Gasteiger partial charge in [0.1, 0.15) is 14.1 Å². The molecule has 1 aliphatic carbocycles. The maximum absolute atomic E-state index is 3.70. The molecule has 0 bridgehead atoms. The minimum absolute atomic E-state index is 1.05. The van der Waals surface area contributed by atoms with Crippen LogP contribution in [-0.2, 0) is 0 Å². The van der Waals surface area contributed by atoms with Crippen molar-refractivity contribution in [2.24, 2.45) is 0 Å². The Morgan fingerprint density at radius 3 is 2.14 bits per heavy atom. The van der Waals surface area contributed by atoms with E-state index in [0.717, 1.165) is 22.5 Å². The molecule has 0 spiro atoms. The van der Waals surface area contributed by atoms with Gasteiger partial charge in [-0.25, -0.2) is 4.58 Å². The number of hydrogen-bond donors (Lipinski definition) is 1. The molecule has 3 heteroatoms. The Bertz CT molecular complexity index is 1300. The van der Waals surface area contributed by atoms with Gasteiger partial charge < -0.3 is 10.2 Å². The topological polar surface area (TPSA) is 18.3 Å². The van der Waals surface area contributed by atoms with E-state index in [1.165, 1.54) is 22.5 Å². The third kappa shape index (κ3) is 8.66. The second kappa shape index (κ2) is 13.6. The monoisotopic (exact) mass is 488 g/mol. The van der Waals surface area contributed by atoms with Crippen LogP contribution in [0.15, 0.2) is 133 Å². The Labute approximate surface area is 222 Å². The van der Waals surface area contributed by atoms with Crippen LogP contribution in [0.2, 0.25) is 0 Å². The van der Waals surface area contributed by atoms with Gasteiger partial charge in [-0.15, -0.1) is 0 Å². The van der Waals surface area contributed by atoms with Crippen molar-refractivity contribution in [3.8, 4) is 0 Å². The zero-order valence-electron chi connectivity index (χ0n) is 22.6. The summed E-state index contributed by atoms with van der Waals surface area (Å²) in [6.45, 7) is 5.75. The van der Waals surface area contributed by atoms with Gasteiger partial charge in [-0.3, -0.25) is 0 Å². The number of benzene rings is 2. The Hall–Kier alpha value is -4.37. The number of anilines is 2. The van der Waals surface area contributed by atoms with Crippen molar-refractivity contribution in [2.75, 3.05) is 38.4 Å². The molecule has 2 aromatic carbocycles. The zero-order chi connectivity index (χ0) is 26.6. The lowest BCUT2D eigenvalue weighted by atomic mass is 10.0. The molecule has 1 aliphatic rings. The van der Waals surface area contributed by atoms with Gasteiger partial charge in [0.25, 0.3) is 0 Å². The van der Waals surface area contributed by atoms with E-state index in [0.29, 0.717) is 0 Å². The minimum Gasteiger partial charge on any atom is -0.378 e. The van der Waals surface area contributed by atoms with Crippen LogP contribution in [0, 0.1) is 0 Å². The average molecular weight is 489 g/mol. The first-order valence-electron chi connectivity index (χ1n) is 12.5. The van der Waals surface area contributed by atoms with Crippen molar-refractivity contribution in [3.63, 3.8) is 0 Å². The number of allylic oxidation sites excluding steroid dienone is 14. The average Bonchev–Trinajstić information content (AvgIpc) is 2.90. The molecule has 0 amide bonds. The van der Waals surface area contributed by atoms with Gasteiger partial charge in [-0.05, 0) is 71.7 Å². The van der Waals surface area contributed by atoms with E-state index in [-0.39, 0.29) is 0 Å². The van der Waals surface area contributed by atoms with Gasteiger partial charge in [0, 0.05) is 43.3 Å². The van der Waals surface area contributed by atoms with Crippen LogP contribution in [0.25, 0.3) is 11.6 Å². The fourth-order valence-corrected chi connectivity index (χ4v) is 3.68. The minimum atomic E-state index is 1.05. The van der Waals surface area contributed by atoms with Gasteiger partial charge in [0.05, 0.1) is 0 Å². The van der Waals surface area contributed by atoms with E-state index in [4.69, 9.17) is 0 Å². The molecule has 0 atom stereocenters. The van der Waals surface area contributed by atoms with Crippen molar-refractivity contribution in [3.05, 3.63) is 144 Å². The molecule has 0 heterocycles. The van der Waals surface area contributed by atoms with Crippen molar-refractivity contribution < 1.29 is 4.58 Å². The SMILES string of the molecule is C=C/C=C\C=C(/C)Nc1ccc(C(=C\C=C2C=CC(=[N+](C)C)C=C2)/C=C/c2ccc(N(C)C)cc2)cc1. The fraction of sp³-hybridized carbons (Fsp3) is 0.147. The second-order valence-corrected chi connectivity index (χ2v) is 9.27. The summed E-state index contributed by atoms with van der Waals surface area (Å²) < 4.78 is 2.11. The molecule has 1 N–H and O–H groups in total. The van der Waals surface area contributed by atoms with Crippen molar-refractivity contribution in [1.82, 2.24) is 0 Å². The summed E-state index contributed by atoms with van der Waals surface area (Å²) in [5.41, 5.74) is 9.12. The van der Waals surface area contributed by atoms with E-state index >= 15 is 0 Å². The molecule has 188 valence electrons. The smallest absolute Gasteiger partial charge is 0.199 e. The molecular weight excluding hydrogens is 450 g/mol.